The molecule has 3 rings (SSSR count). The second-order valence-corrected chi connectivity index (χ2v) is 5.28. The lowest BCUT2D eigenvalue weighted by Gasteiger charge is -2.12. The van der Waals surface area contributed by atoms with E-state index in [1.807, 2.05) is 36.4 Å². The smallest absolute Gasteiger partial charge is 0.223 e. The van der Waals surface area contributed by atoms with Gasteiger partial charge >= 0.3 is 0 Å². The summed E-state index contributed by atoms with van der Waals surface area (Å²) >= 11 is 0. The van der Waals surface area contributed by atoms with E-state index in [2.05, 4.69) is 38.9 Å². The van der Waals surface area contributed by atoms with Crippen molar-refractivity contribution in [3.63, 3.8) is 0 Å². The second kappa shape index (κ2) is 7.37. The van der Waals surface area contributed by atoms with Crippen LogP contribution in [0.2, 0.25) is 0 Å². The Morgan fingerprint density at radius 2 is 2.04 bits per heavy atom. The molecule has 0 aliphatic heterocycles. The van der Waals surface area contributed by atoms with Crippen LogP contribution in [0.4, 0.5) is 11.6 Å². The maximum Gasteiger partial charge on any atom is 0.223 e. The van der Waals surface area contributed by atoms with Gasteiger partial charge in [0.2, 0.25) is 11.9 Å². The third-order valence-electron chi connectivity index (χ3n) is 3.46. The summed E-state index contributed by atoms with van der Waals surface area (Å²) in [6, 6.07) is 17.6. The summed E-state index contributed by atoms with van der Waals surface area (Å²) in [6.45, 7) is 2.10. The molecule has 0 unspecified atom stereocenters. The van der Waals surface area contributed by atoms with E-state index in [1.54, 1.807) is 12.3 Å². The average molecular weight is 317 g/mol. The minimum Gasteiger partial charge on any atom is -0.350 e. The highest BCUT2D eigenvalue weighted by Crippen LogP contribution is 2.26. The number of rotatable bonds is 5. The van der Waals surface area contributed by atoms with Crippen LogP contribution in [0.3, 0.4) is 0 Å². The van der Waals surface area contributed by atoms with E-state index in [4.69, 9.17) is 0 Å². The normalized spacial score (nSPS) is 10.2. The van der Waals surface area contributed by atoms with Crippen LogP contribution in [0, 0.1) is 6.20 Å². The number of anilines is 2. The van der Waals surface area contributed by atoms with Gasteiger partial charge in [-0.25, -0.2) is 9.97 Å². The van der Waals surface area contributed by atoms with E-state index in [9.17, 15) is 4.79 Å². The Morgan fingerprint density at radius 1 is 1.17 bits per heavy atom. The van der Waals surface area contributed by atoms with E-state index < -0.39 is 0 Å². The van der Waals surface area contributed by atoms with Crippen molar-refractivity contribution < 1.29 is 4.79 Å². The molecule has 5 heteroatoms. The molecule has 119 valence electrons. The van der Waals surface area contributed by atoms with Crippen molar-refractivity contribution in [3.8, 4) is 11.1 Å². The number of carbonyl (C=O) groups excluding carboxylic acids is 1. The third-order valence-corrected chi connectivity index (χ3v) is 3.46. The summed E-state index contributed by atoms with van der Waals surface area (Å²) in [6.07, 6.45) is 4.40. The number of nitrogens with one attached hydrogen (secondary N) is 2. The van der Waals surface area contributed by atoms with Crippen molar-refractivity contribution in [2.45, 2.75) is 13.5 Å². The Morgan fingerprint density at radius 3 is 2.83 bits per heavy atom. The zero-order chi connectivity index (χ0) is 16.8. The maximum atomic E-state index is 11.2. The molecule has 3 aromatic rings. The van der Waals surface area contributed by atoms with Gasteiger partial charge < -0.3 is 10.6 Å². The molecule has 0 fully saturated rings. The van der Waals surface area contributed by atoms with Crippen molar-refractivity contribution in [2.75, 3.05) is 10.6 Å². The molecule has 1 aromatic heterocycles. The summed E-state index contributed by atoms with van der Waals surface area (Å²) in [7, 11) is 0. The molecule has 0 spiro atoms. The van der Waals surface area contributed by atoms with Crippen LogP contribution in [0.25, 0.3) is 11.1 Å². The standard InChI is InChI=1S/C19H17N4O/c1-14(24)23-17-8-4-7-15(12-17)18-9-3-2-6-16(18)13-22-19-20-10-5-11-21-19/h2-10,12H,13H2,1H3,(H,23,24)(H,20,21,22). The fourth-order valence-electron chi connectivity index (χ4n) is 2.45. The van der Waals surface area contributed by atoms with Gasteiger partial charge in [0.05, 0.1) is 6.20 Å². The molecule has 1 radical (unpaired) electrons. The minimum absolute atomic E-state index is 0.0837. The number of hydrogen-bond acceptors (Lipinski definition) is 4. The van der Waals surface area contributed by atoms with Gasteiger partial charge in [-0.05, 0) is 34.9 Å². The fraction of sp³-hybridized carbons (Fsp3) is 0.105. The Bertz CT molecular complexity index is 834. The van der Waals surface area contributed by atoms with E-state index in [-0.39, 0.29) is 5.91 Å². The van der Waals surface area contributed by atoms with Crippen LogP contribution in [0.1, 0.15) is 12.5 Å². The quantitative estimate of drug-likeness (QED) is 0.755. The van der Waals surface area contributed by atoms with Gasteiger partial charge in [0.25, 0.3) is 0 Å². The largest absolute Gasteiger partial charge is 0.350 e. The lowest BCUT2D eigenvalue weighted by molar-refractivity contribution is -0.114. The Hall–Kier alpha value is -3.21. The first-order valence-corrected chi connectivity index (χ1v) is 7.61. The zero-order valence-electron chi connectivity index (χ0n) is 13.3. The summed E-state index contributed by atoms with van der Waals surface area (Å²) in [5.74, 6) is 0.457. The van der Waals surface area contributed by atoms with Gasteiger partial charge in [0.1, 0.15) is 0 Å². The molecule has 0 saturated heterocycles. The topological polar surface area (TPSA) is 66.9 Å². The van der Waals surface area contributed by atoms with Gasteiger partial charge in [-0.2, -0.15) is 0 Å². The Balaban J connectivity index is 1.85. The number of nitrogens with zero attached hydrogens (tertiary/aromatic N) is 2. The lowest BCUT2D eigenvalue weighted by Crippen LogP contribution is -2.06. The number of hydrogen-bond donors (Lipinski definition) is 2. The van der Waals surface area contributed by atoms with Crippen LogP contribution in [0.15, 0.2) is 60.8 Å². The summed E-state index contributed by atoms with van der Waals surface area (Å²) in [4.78, 5) is 19.4. The number of amides is 1. The maximum absolute atomic E-state index is 11.2. The molecule has 5 nitrogen and oxygen atoms in total. The van der Waals surface area contributed by atoms with Crippen molar-refractivity contribution in [1.29, 1.82) is 0 Å². The SMILES string of the molecule is CC(=O)Nc1cccc(-c2ccccc2CNc2n[c]ccn2)c1. The first-order valence-electron chi connectivity index (χ1n) is 7.61. The molecule has 0 atom stereocenters. The first-order chi connectivity index (χ1) is 11.7. The van der Waals surface area contributed by atoms with Crippen LogP contribution in [-0.4, -0.2) is 15.9 Å². The molecule has 1 heterocycles. The molecule has 0 bridgehead atoms. The van der Waals surface area contributed by atoms with Crippen molar-refractivity contribution >= 4 is 17.5 Å². The van der Waals surface area contributed by atoms with Gasteiger partial charge in [-0.3, -0.25) is 4.79 Å². The molecular weight excluding hydrogens is 300 g/mol. The third kappa shape index (κ3) is 3.95. The highest BCUT2D eigenvalue weighted by Gasteiger charge is 2.06. The molecule has 24 heavy (non-hydrogen) atoms. The Labute approximate surface area is 140 Å². The molecule has 0 saturated carbocycles. The van der Waals surface area contributed by atoms with Crippen molar-refractivity contribution in [2.24, 2.45) is 0 Å². The highest BCUT2D eigenvalue weighted by atomic mass is 16.1. The molecule has 0 aliphatic rings. The van der Waals surface area contributed by atoms with Gasteiger partial charge in [0.15, 0.2) is 0 Å². The van der Waals surface area contributed by atoms with E-state index in [0.29, 0.717) is 12.5 Å². The molecular formula is C19H17N4O. The predicted molar refractivity (Wildman–Crippen MR) is 94.4 cm³/mol. The molecule has 2 N–H and O–H groups in total. The van der Waals surface area contributed by atoms with Gasteiger partial charge in [-0.15, -0.1) is 0 Å². The van der Waals surface area contributed by atoms with Crippen molar-refractivity contribution in [1.82, 2.24) is 9.97 Å². The van der Waals surface area contributed by atoms with Gasteiger partial charge in [0, 0.05) is 25.4 Å². The highest BCUT2D eigenvalue weighted by molar-refractivity contribution is 5.89. The Kier molecular flexibility index (Phi) is 4.81. The minimum atomic E-state index is -0.0837. The van der Waals surface area contributed by atoms with Crippen LogP contribution in [0.5, 0.6) is 0 Å². The lowest BCUT2D eigenvalue weighted by atomic mass is 9.99. The summed E-state index contributed by atoms with van der Waals surface area (Å²) in [5.41, 5.74) is 4.03. The average Bonchev–Trinajstić information content (AvgIpc) is 2.61. The van der Waals surface area contributed by atoms with Gasteiger partial charge in [-0.1, -0.05) is 36.4 Å². The summed E-state index contributed by atoms with van der Waals surface area (Å²) < 4.78 is 0. The van der Waals surface area contributed by atoms with E-state index in [0.717, 1.165) is 22.4 Å². The van der Waals surface area contributed by atoms with Crippen LogP contribution >= 0.6 is 0 Å². The second-order valence-electron chi connectivity index (χ2n) is 5.28. The first kappa shape index (κ1) is 15.7. The number of benzene rings is 2. The molecule has 1 amide bonds. The summed E-state index contributed by atoms with van der Waals surface area (Å²) in [5, 5.41) is 6.01. The predicted octanol–water partition coefficient (Wildman–Crippen LogP) is 3.51. The van der Waals surface area contributed by atoms with Crippen LogP contribution in [-0.2, 0) is 11.3 Å². The fourth-order valence-corrected chi connectivity index (χ4v) is 2.45. The van der Waals surface area contributed by atoms with Crippen LogP contribution < -0.4 is 10.6 Å². The molecule has 2 aromatic carbocycles. The zero-order valence-corrected chi connectivity index (χ0v) is 13.3. The number of carbonyl (C=O) groups is 1. The number of aromatic nitrogens is 2. The molecule has 0 aliphatic carbocycles. The monoisotopic (exact) mass is 317 g/mol. The van der Waals surface area contributed by atoms with E-state index >= 15 is 0 Å². The van der Waals surface area contributed by atoms with Crippen molar-refractivity contribution in [3.05, 3.63) is 72.6 Å². The van der Waals surface area contributed by atoms with E-state index in [1.165, 1.54) is 6.92 Å².